The van der Waals surface area contributed by atoms with Gasteiger partial charge in [0.2, 0.25) is 6.79 Å². The molecule has 4 fully saturated rings. The number of allylic oxidation sites excluding steroid dienone is 1. The highest BCUT2D eigenvalue weighted by Gasteiger charge is 2.55. The van der Waals surface area contributed by atoms with Crippen molar-refractivity contribution in [3.8, 4) is 17.2 Å². The van der Waals surface area contributed by atoms with Gasteiger partial charge < -0.3 is 23.8 Å². The van der Waals surface area contributed by atoms with E-state index in [1.54, 1.807) is 12.1 Å². The Balaban J connectivity index is 1.06. The molecule has 7 atom stereocenters. The number of nitrogens with zero attached hydrogens (tertiary/aromatic N) is 1. The second kappa shape index (κ2) is 10.6. The van der Waals surface area contributed by atoms with Gasteiger partial charge in [0.25, 0.3) is 0 Å². The Morgan fingerprint density at radius 2 is 1.98 bits per heavy atom. The van der Waals surface area contributed by atoms with E-state index in [2.05, 4.69) is 18.4 Å². The first-order chi connectivity index (χ1) is 19.9. The first-order valence-electron chi connectivity index (χ1n) is 15.2. The summed E-state index contributed by atoms with van der Waals surface area (Å²) < 4.78 is 37.1. The average Bonchev–Trinajstić information content (AvgIpc) is 3.54. The summed E-state index contributed by atoms with van der Waals surface area (Å²) in [6, 6.07) is 12.5. The van der Waals surface area contributed by atoms with Gasteiger partial charge in [0.05, 0.1) is 12.5 Å². The summed E-state index contributed by atoms with van der Waals surface area (Å²) in [7, 11) is 0. The fraction of sp³-hybridized carbons (Fsp3) is 0.559. The first-order valence-corrected chi connectivity index (χ1v) is 15.2. The predicted octanol–water partition coefficient (Wildman–Crippen LogP) is 6.35. The maximum atomic E-state index is 13.7. The Morgan fingerprint density at radius 3 is 2.83 bits per heavy atom. The van der Waals surface area contributed by atoms with Gasteiger partial charge in [0.1, 0.15) is 17.7 Å². The number of carbonyl (C=O) groups is 1. The van der Waals surface area contributed by atoms with Crippen LogP contribution in [-0.4, -0.2) is 50.0 Å². The van der Waals surface area contributed by atoms with Crippen LogP contribution in [0.4, 0.5) is 4.39 Å². The molecule has 7 rings (SSSR count). The topological polar surface area (TPSA) is 57.2 Å². The van der Waals surface area contributed by atoms with E-state index in [0.717, 1.165) is 55.8 Å². The molecule has 0 radical (unpaired) electrons. The molecule has 218 valence electrons. The Labute approximate surface area is 241 Å². The van der Waals surface area contributed by atoms with E-state index >= 15 is 0 Å². The average molecular weight is 562 g/mol. The van der Waals surface area contributed by atoms with Crippen LogP contribution in [0.1, 0.15) is 56.9 Å². The van der Waals surface area contributed by atoms with Gasteiger partial charge in [-0.15, -0.1) is 0 Å². The van der Waals surface area contributed by atoms with Crippen molar-refractivity contribution in [3.63, 3.8) is 0 Å². The molecule has 41 heavy (non-hydrogen) atoms. The molecule has 2 saturated heterocycles. The second-order valence-corrected chi connectivity index (χ2v) is 13.2. The third-order valence-electron chi connectivity index (χ3n) is 10.7. The number of benzene rings is 2. The molecule has 0 bridgehead atoms. The normalized spacial score (nSPS) is 34.6. The lowest BCUT2D eigenvalue weighted by Gasteiger charge is -2.50. The predicted molar refractivity (Wildman–Crippen MR) is 152 cm³/mol. The van der Waals surface area contributed by atoms with E-state index in [1.165, 1.54) is 18.4 Å². The van der Waals surface area contributed by atoms with Gasteiger partial charge in [-0.3, -0.25) is 4.79 Å². The number of piperidine rings is 1. The van der Waals surface area contributed by atoms with Gasteiger partial charge in [0.15, 0.2) is 11.5 Å². The first kappa shape index (κ1) is 26.8. The number of fused-ring (bicyclic) bond motifs is 3. The molecule has 0 amide bonds. The van der Waals surface area contributed by atoms with Crippen molar-refractivity contribution in [2.24, 2.45) is 29.1 Å². The van der Waals surface area contributed by atoms with Gasteiger partial charge in [-0.2, -0.15) is 0 Å². The number of carbonyl (C=O) groups excluding carboxylic acids is 1. The van der Waals surface area contributed by atoms with E-state index in [4.69, 9.17) is 18.9 Å². The standard InChI is InChI=1S/C34H40FNO5/c1-21-4-3-12-34(2)16-32-27(15-29(21)34)28(33(37)41-32)18-36-13-11-26(22-5-7-24(35)8-6-22)23(17-36)19-38-25-9-10-30-31(14-25)40-20-39-30/h5-10,14,23,26-29,32H,1,3-4,11-13,15-20H2,2H3/t23-,26-,27+,28+,29-,32+,34+/m0/s1. The van der Waals surface area contributed by atoms with Gasteiger partial charge in [-0.1, -0.05) is 31.2 Å². The van der Waals surface area contributed by atoms with E-state index in [9.17, 15) is 9.18 Å². The third-order valence-corrected chi connectivity index (χ3v) is 10.7. The summed E-state index contributed by atoms with van der Waals surface area (Å²) in [5.74, 6) is 2.98. The number of ether oxygens (including phenoxy) is 4. The Morgan fingerprint density at radius 1 is 1.15 bits per heavy atom. The summed E-state index contributed by atoms with van der Waals surface area (Å²) >= 11 is 0. The van der Waals surface area contributed by atoms with Crippen molar-refractivity contribution in [2.75, 3.05) is 33.0 Å². The van der Waals surface area contributed by atoms with Crippen molar-refractivity contribution >= 4 is 5.97 Å². The van der Waals surface area contributed by atoms with Crippen molar-refractivity contribution in [2.45, 2.75) is 57.5 Å². The quantitative estimate of drug-likeness (QED) is 0.303. The molecule has 2 aliphatic carbocycles. The second-order valence-electron chi connectivity index (χ2n) is 13.2. The maximum absolute atomic E-state index is 13.7. The van der Waals surface area contributed by atoms with E-state index in [0.29, 0.717) is 24.8 Å². The highest BCUT2D eigenvalue weighted by Crippen LogP contribution is 2.57. The van der Waals surface area contributed by atoms with Crippen LogP contribution >= 0.6 is 0 Å². The van der Waals surface area contributed by atoms with Crippen molar-refractivity contribution in [3.05, 3.63) is 66.0 Å². The zero-order valence-corrected chi connectivity index (χ0v) is 23.9. The molecule has 3 heterocycles. The lowest BCUT2D eigenvalue weighted by molar-refractivity contribution is -0.146. The number of likely N-dealkylation sites (tertiary alicyclic amines) is 1. The minimum absolute atomic E-state index is 0.0262. The highest BCUT2D eigenvalue weighted by molar-refractivity contribution is 5.75. The van der Waals surface area contributed by atoms with Gasteiger partial charge in [-0.25, -0.2) is 4.39 Å². The van der Waals surface area contributed by atoms with Crippen LogP contribution in [0.15, 0.2) is 54.6 Å². The number of halogens is 1. The van der Waals surface area contributed by atoms with Crippen LogP contribution in [-0.2, 0) is 9.53 Å². The highest BCUT2D eigenvalue weighted by atomic mass is 19.1. The van der Waals surface area contributed by atoms with Crippen molar-refractivity contribution in [1.82, 2.24) is 4.90 Å². The maximum Gasteiger partial charge on any atom is 0.310 e. The molecule has 0 N–H and O–H groups in total. The summed E-state index contributed by atoms with van der Waals surface area (Å²) in [6.07, 6.45) is 6.43. The molecule has 2 saturated carbocycles. The minimum atomic E-state index is -0.224. The molecule has 2 aromatic rings. The monoisotopic (exact) mass is 561 g/mol. The Hall–Kier alpha value is -3.06. The molecule has 0 spiro atoms. The van der Waals surface area contributed by atoms with Gasteiger partial charge in [0, 0.05) is 31.0 Å². The summed E-state index contributed by atoms with van der Waals surface area (Å²) in [4.78, 5) is 15.7. The molecular weight excluding hydrogens is 521 g/mol. The van der Waals surface area contributed by atoms with Crippen LogP contribution in [0, 0.1) is 34.9 Å². The SMILES string of the molecule is C=C1CCC[C@]2(C)C[C@H]3OC(=O)[C@H](CN4CC[C@@H](c5ccc(F)cc5)[C@H](COc5ccc6c(c5)OCO6)C4)[C@H]3C[C@@H]12. The number of esters is 1. The third kappa shape index (κ3) is 5.11. The molecule has 2 aromatic carbocycles. The smallest absolute Gasteiger partial charge is 0.310 e. The molecule has 0 unspecified atom stereocenters. The lowest BCUT2D eigenvalue weighted by atomic mass is 9.55. The van der Waals surface area contributed by atoms with Crippen molar-refractivity contribution in [1.29, 1.82) is 0 Å². The van der Waals surface area contributed by atoms with E-state index < -0.39 is 0 Å². The minimum Gasteiger partial charge on any atom is -0.493 e. The van der Waals surface area contributed by atoms with Crippen LogP contribution < -0.4 is 14.2 Å². The summed E-state index contributed by atoms with van der Waals surface area (Å²) in [5, 5.41) is 0. The zero-order chi connectivity index (χ0) is 28.1. The molecule has 7 heteroatoms. The molecular formula is C34H40FNO5. The number of rotatable bonds is 6. The number of hydrogen-bond acceptors (Lipinski definition) is 6. The molecule has 3 aliphatic heterocycles. The largest absolute Gasteiger partial charge is 0.493 e. The van der Waals surface area contributed by atoms with Crippen LogP contribution in [0.2, 0.25) is 0 Å². The Kier molecular flexibility index (Phi) is 6.96. The summed E-state index contributed by atoms with van der Waals surface area (Å²) in [5.41, 5.74) is 2.71. The lowest BCUT2D eigenvalue weighted by Crippen LogP contribution is -2.48. The molecule has 0 aromatic heterocycles. The fourth-order valence-corrected chi connectivity index (χ4v) is 8.50. The molecule has 6 nitrogen and oxygen atoms in total. The fourth-order valence-electron chi connectivity index (χ4n) is 8.50. The van der Waals surface area contributed by atoms with Crippen molar-refractivity contribution < 1.29 is 28.1 Å². The summed E-state index contributed by atoms with van der Waals surface area (Å²) in [6.45, 7) is 9.97. The molecule has 5 aliphatic rings. The van der Waals surface area contributed by atoms with E-state index in [-0.39, 0.29) is 53.8 Å². The van der Waals surface area contributed by atoms with Crippen LogP contribution in [0.25, 0.3) is 0 Å². The zero-order valence-electron chi connectivity index (χ0n) is 23.9. The van der Waals surface area contributed by atoms with Crippen LogP contribution in [0.3, 0.4) is 0 Å². The van der Waals surface area contributed by atoms with E-state index in [1.807, 2.05) is 30.3 Å². The Bertz CT molecular complexity index is 1310. The van der Waals surface area contributed by atoms with Gasteiger partial charge >= 0.3 is 5.97 Å². The number of hydrogen-bond donors (Lipinski definition) is 0. The van der Waals surface area contributed by atoms with Gasteiger partial charge in [-0.05, 0) is 92.1 Å². The van der Waals surface area contributed by atoms with Crippen LogP contribution in [0.5, 0.6) is 17.2 Å².